The summed E-state index contributed by atoms with van der Waals surface area (Å²) in [6, 6.07) is 2.60. The summed E-state index contributed by atoms with van der Waals surface area (Å²) < 4.78 is 1.63. The Hall–Kier alpha value is -3.14. The van der Waals surface area contributed by atoms with Crippen LogP contribution >= 0.6 is 11.3 Å². The topological polar surface area (TPSA) is 119 Å². The largest absolute Gasteiger partial charge is 0.507 e. The maximum Gasteiger partial charge on any atom is 0.270 e. The zero-order valence-electron chi connectivity index (χ0n) is 15.2. The van der Waals surface area contributed by atoms with Crippen LogP contribution in [-0.2, 0) is 5.41 Å². The van der Waals surface area contributed by atoms with Gasteiger partial charge in [0.25, 0.3) is 5.69 Å². The normalized spacial score (nSPS) is 12.0. The molecule has 0 unspecified atom stereocenters. The van der Waals surface area contributed by atoms with E-state index in [1.165, 1.54) is 36.0 Å². The monoisotopic (exact) mass is 386 g/mol. The van der Waals surface area contributed by atoms with E-state index in [1.807, 2.05) is 20.8 Å². The molecule has 1 aromatic carbocycles. The van der Waals surface area contributed by atoms with Crippen LogP contribution in [0.1, 0.15) is 37.6 Å². The van der Waals surface area contributed by atoms with Gasteiger partial charge < -0.3 is 5.11 Å². The number of aromatic hydroxyl groups is 1. The van der Waals surface area contributed by atoms with Crippen molar-refractivity contribution in [1.82, 2.24) is 19.7 Å². The Labute approximate surface area is 159 Å². The minimum Gasteiger partial charge on any atom is -0.507 e. The van der Waals surface area contributed by atoms with Gasteiger partial charge in [-0.05, 0) is 12.5 Å². The van der Waals surface area contributed by atoms with Gasteiger partial charge >= 0.3 is 0 Å². The molecule has 0 amide bonds. The average Bonchev–Trinajstić information content (AvgIpc) is 3.24. The van der Waals surface area contributed by atoms with E-state index in [0.717, 1.165) is 10.7 Å². The van der Waals surface area contributed by atoms with Crippen molar-refractivity contribution >= 4 is 28.4 Å². The van der Waals surface area contributed by atoms with Crippen LogP contribution in [0.2, 0.25) is 0 Å². The number of non-ortho nitro benzene ring substituents is 1. The Morgan fingerprint density at radius 1 is 1.37 bits per heavy atom. The van der Waals surface area contributed by atoms with Gasteiger partial charge in [-0.2, -0.15) is 5.10 Å². The molecule has 0 aliphatic heterocycles. The van der Waals surface area contributed by atoms with E-state index < -0.39 is 4.92 Å². The summed E-state index contributed by atoms with van der Waals surface area (Å²) in [5, 5.41) is 26.6. The predicted octanol–water partition coefficient (Wildman–Crippen LogP) is 3.69. The van der Waals surface area contributed by atoms with Crippen molar-refractivity contribution < 1.29 is 10.0 Å². The Bertz CT molecular complexity index is 1020. The highest BCUT2D eigenvalue weighted by Gasteiger charge is 2.25. The molecule has 0 bridgehead atoms. The van der Waals surface area contributed by atoms with Crippen molar-refractivity contribution in [1.29, 1.82) is 0 Å². The van der Waals surface area contributed by atoms with Gasteiger partial charge in [-0.3, -0.25) is 10.1 Å². The standard InChI is InChI=1S/C17H18N6O3S/c1-10-5-12(23(25)26)6-11(13(10)24)7-19-16-21-14(17(2,3)4)15(27-16)22-9-18-8-20-22/h5-9,24H,1-4H3. The molecule has 3 rings (SSSR count). The summed E-state index contributed by atoms with van der Waals surface area (Å²) in [6.07, 6.45) is 4.41. The second kappa shape index (κ2) is 6.88. The van der Waals surface area contributed by atoms with Crippen LogP contribution in [0.3, 0.4) is 0 Å². The van der Waals surface area contributed by atoms with E-state index >= 15 is 0 Å². The molecule has 0 saturated carbocycles. The molecule has 9 nitrogen and oxygen atoms in total. The lowest BCUT2D eigenvalue weighted by molar-refractivity contribution is -0.384. The lowest BCUT2D eigenvalue weighted by Crippen LogP contribution is -2.14. The van der Waals surface area contributed by atoms with Crippen LogP contribution in [0.15, 0.2) is 29.8 Å². The van der Waals surface area contributed by atoms with Gasteiger partial charge in [0, 0.05) is 29.3 Å². The van der Waals surface area contributed by atoms with Gasteiger partial charge in [-0.25, -0.2) is 19.6 Å². The highest BCUT2D eigenvalue weighted by Crippen LogP contribution is 2.36. The minimum atomic E-state index is -0.506. The number of phenols is 1. The van der Waals surface area contributed by atoms with Crippen molar-refractivity contribution in [3.63, 3.8) is 0 Å². The van der Waals surface area contributed by atoms with E-state index in [2.05, 4.69) is 20.1 Å². The third-order valence-electron chi connectivity index (χ3n) is 3.77. The zero-order valence-corrected chi connectivity index (χ0v) is 16.1. The van der Waals surface area contributed by atoms with Crippen molar-refractivity contribution in [2.45, 2.75) is 33.1 Å². The van der Waals surface area contributed by atoms with Gasteiger partial charge in [0.05, 0.1) is 10.6 Å². The molecule has 140 valence electrons. The second-order valence-electron chi connectivity index (χ2n) is 6.96. The van der Waals surface area contributed by atoms with Crippen LogP contribution in [0.25, 0.3) is 5.00 Å². The molecule has 0 saturated heterocycles. The quantitative estimate of drug-likeness (QED) is 0.415. The molecule has 27 heavy (non-hydrogen) atoms. The van der Waals surface area contributed by atoms with Crippen LogP contribution in [-0.4, -0.2) is 36.0 Å². The van der Waals surface area contributed by atoms with Crippen LogP contribution < -0.4 is 0 Å². The van der Waals surface area contributed by atoms with Crippen molar-refractivity contribution in [2.24, 2.45) is 4.99 Å². The first-order valence-electron chi connectivity index (χ1n) is 8.05. The van der Waals surface area contributed by atoms with E-state index in [-0.39, 0.29) is 22.4 Å². The van der Waals surface area contributed by atoms with Crippen LogP contribution in [0.5, 0.6) is 5.75 Å². The van der Waals surface area contributed by atoms with Gasteiger partial charge in [0.1, 0.15) is 23.4 Å². The number of phenolic OH excluding ortho intramolecular Hbond substituents is 1. The van der Waals surface area contributed by atoms with Crippen LogP contribution in [0.4, 0.5) is 10.8 Å². The summed E-state index contributed by atoms with van der Waals surface area (Å²) in [6.45, 7) is 7.70. The van der Waals surface area contributed by atoms with Gasteiger partial charge in [0.15, 0.2) is 0 Å². The third kappa shape index (κ3) is 3.85. The first-order chi connectivity index (χ1) is 12.7. The summed E-state index contributed by atoms with van der Waals surface area (Å²) in [7, 11) is 0. The SMILES string of the molecule is Cc1cc([N+](=O)[O-])cc(C=Nc2nc(C(C)(C)C)c(-n3cncn3)s2)c1O. The first-order valence-corrected chi connectivity index (χ1v) is 8.87. The van der Waals surface area contributed by atoms with E-state index in [4.69, 9.17) is 0 Å². The maximum absolute atomic E-state index is 11.0. The second-order valence-corrected chi connectivity index (χ2v) is 7.91. The summed E-state index contributed by atoms with van der Waals surface area (Å²) in [4.78, 5) is 23.4. The molecule has 0 atom stereocenters. The Kier molecular flexibility index (Phi) is 4.75. The number of hydrogen-bond donors (Lipinski definition) is 1. The molecule has 0 radical (unpaired) electrons. The fourth-order valence-corrected chi connectivity index (χ4v) is 3.48. The molecule has 0 fully saturated rings. The molecular formula is C17H18N6O3S. The summed E-state index contributed by atoms with van der Waals surface area (Å²) in [5.74, 6) is -0.0477. The fourth-order valence-electron chi connectivity index (χ4n) is 2.43. The van der Waals surface area contributed by atoms with Gasteiger partial charge in [-0.1, -0.05) is 32.1 Å². The fraction of sp³-hybridized carbons (Fsp3) is 0.294. The minimum absolute atomic E-state index is 0.0477. The smallest absolute Gasteiger partial charge is 0.270 e. The molecule has 10 heteroatoms. The maximum atomic E-state index is 11.0. The predicted molar refractivity (Wildman–Crippen MR) is 102 cm³/mol. The number of nitrogens with zero attached hydrogens (tertiary/aromatic N) is 6. The van der Waals surface area contributed by atoms with Crippen molar-refractivity contribution in [3.05, 3.63) is 51.7 Å². The Balaban J connectivity index is 2.03. The highest BCUT2D eigenvalue weighted by molar-refractivity contribution is 7.17. The van der Waals surface area contributed by atoms with Crippen LogP contribution in [0, 0.1) is 17.0 Å². The first kappa shape index (κ1) is 18.6. The molecular weight excluding hydrogens is 368 g/mol. The molecule has 3 aromatic rings. The Morgan fingerprint density at radius 3 is 2.70 bits per heavy atom. The number of nitro benzene ring substituents is 1. The number of benzene rings is 1. The van der Waals surface area contributed by atoms with Crippen molar-refractivity contribution in [2.75, 3.05) is 0 Å². The number of aromatic nitrogens is 4. The number of rotatable bonds is 4. The van der Waals surface area contributed by atoms with E-state index in [0.29, 0.717) is 10.7 Å². The number of aliphatic imine (C=N–C) groups is 1. The van der Waals surface area contributed by atoms with E-state index in [1.54, 1.807) is 17.9 Å². The molecule has 0 aliphatic rings. The molecule has 0 aliphatic carbocycles. The number of aryl methyl sites for hydroxylation is 1. The Morgan fingerprint density at radius 2 is 2.11 bits per heavy atom. The zero-order chi connectivity index (χ0) is 19.8. The number of nitro groups is 1. The summed E-state index contributed by atoms with van der Waals surface area (Å²) >= 11 is 1.32. The van der Waals surface area contributed by atoms with Gasteiger partial charge in [0.2, 0.25) is 5.13 Å². The number of hydrogen-bond acceptors (Lipinski definition) is 8. The highest BCUT2D eigenvalue weighted by atomic mass is 32.1. The lowest BCUT2D eigenvalue weighted by Gasteiger charge is -2.16. The molecule has 0 spiro atoms. The van der Waals surface area contributed by atoms with Gasteiger partial charge in [-0.15, -0.1) is 0 Å². The molecule has 1 N–H and O–H groups in total. The lowest BCUT2D eigenvalue weighted by atomic mass is 9.92. The number of thiazole rings is 1. The molecule has 2 heterocycles. The van der Waals surface area contributed by atoms with E-state index in [9.17, 15) is 15.2 Å². The summed E-state index contributed by atoms with van der Waals surface area (Å²) in [5.41, 5.74) is 1.13. The third-order valence-corrected chi connectivity index (χ3v) is 4.73. The van der Waals surface area contributed by atoms with Crippen molar-refractivity contribution in [3.8, 4) is 10.8 Å². The average molecular weight is 386 g/mol. The molecule has 2 aromatic heterocycles.